The summed E-state index contributed by atoms with van der Waals surface area (Å²) in [6.45, 7) is -0.424. The van der Waals surface area contributed by atoms with Crippen molar-refractivity contribution in [2.24, 2.45) is 0 Å². The number of rotatable bonds is 9. The van der Waals surface area contributed by atoms with Gasteiger partial charge in [-0.2, -0.15) is 0 Å². The molecule has 0 aliphatic carbocycles. The maximum Gasteiger partial charge on any atom is 0.299 e. The van der Waals surface area contributed by atoms with Crippen LogP contribution < -0.4 is 24.6 Å². The molecule has 2 heterocycles. The number of halogens is 1. The summed E-state index contributed by atoms with van der Waals surface area (Å²) in [7, 11) is 3.83. The Kier molecular flexibility index (Phi) is 8.14. The second kappa shape index (κ2) is 12.3. The molecule has 0 radical (unpaired) electrons. The maximum atomic E-state index is 14.3. The van der Waals surface area contributed by atoms with Gasteiger partial charge >= 0.3 is 0 Å². The fourth-order valence-corrected chi connectivity index (χ4v) is 5.48. The van der Waals surface area contributed by atoms with E-state index in [0.717, 1.165) is 10.6 Å². The minimum absolute atomic E-state index is 0.000276. The molecule has 10 nitrogen and oxygen atoms in total. The van der Waals surface area contributed by atoms with E-state index < -0.39 is 36.1 Å². The van der Waals surface area contributed by atoms with Gasteiger partial charge in [0.1, 0.15) is 12.6 Å². The van der Waals surface area contributed by atoms with Gasteiger partial charge in [0.2, 0.25) is 12.7 Å². The Morgan fingerprint density at radius 2 is 1.62 bits per heavy atom. The molecule has 2 aliphatic heterocycles. The summed E-state index contributed by atoms with van der Waals surface area (Å²) in [6.07, 6.45) is 0. The third-order valence-corrected chi connectivity index (χ3v) is 7.93. The molecule has 4 aromatic rings. The van der Waals surface area contributed by atoms with Crippen molar-refractivity contribution in [1.29, 1.82) is 0 Å². The molecular formula is C34H29ClN4O6. The molecule has 1 unspecified atom stereocenters. The van der Waals surface area contributed by atoms with Gasteiger partial charge < -0.3 is 24.6 Å². The van der Waals surface area contributed by atoms with E-state index >= 15 is 0 Å². The van der Waals surface area contributed by atoms with E-state index in [-0.39, 0.29) is 18.9 Å². The zero-order valence-corrected chi connectivity index (χ0v) is 25.3. The van der Waals surface area contributed by atoms with Crippen LogP contribution in [-0.4, -0.2) is 55.8 Å². The van der Waals surface area contributed by atoms with E-state index in [0.29, 0.717) is 39.0 Å². The van der Waals surface area contributed by atoms with Crippen LogP contribution in [0.15, 0.2) is 91.0 Å². The second-order valence-electron chi connectivity index (χ2n) is 10.8. The van der Waals surface area contributed by atoms with Gasteiger partial charge in [-0.25, -0.2) is 0 Å². The Balaban J connectivity index is 1.40. The quantitative estimate of drug-likeness (QED) is 0.259. The fourth-order valence-electron chi connectivity index (χ4n) is 5.35. The number of ether oxygens (including phenoxy) is 2. The van der Waals surface area contributed by atoms with Gasteiger partial charge in [-0.05, 0) is 71.8 Å². The first-order chi connectivity index (χ1) is 21.7. The predicted molar refractivity (Wildman–Crippen MR) is 170 cm³/mol. The van der Waals surface area contributed by atoms with Crippen molar-refractivity contribution < 1.29 is 28.7 Å². The second-order valence-corrected chi connectivity index (χ2v) is 11.3. The maximum absolute atomic E-state index is 14.3. The Hall–Kier alpha value is -5.35. The number of Topliss-reactive ketones (excluding diaryl/α,β-unsaturated/α-hetero) is 1. The van der Waals surface area contributed by atoms with Gasteiger partial charge in [-0.15, -0.1) is 0 Å². The molecule has 0 spiro atoms. The van der Waals surface area contributed by atoms with E-state index in [4.69, 9.17) is 21.1 Å². The number of benzene rings is 4. The molecule has 6 rings (SSSR count). The zero-order valence-electron chi connectivity index (χ0n) is 24.5. The summed E-state index contributed by atoms with van der Waals surface area (Å²) in [4.78, 5) is 58.7. The van der Waals surface area contributed by atoms with Crippen LogP contribution in [0.4, 0.5) is 17.1 Å². The van der Waals surface area contributed by atoms with Crippen molar-refractivity contribution in [3.63, 3.8) is 0 Å². The molecule has 3 amide bonds. The van der Waals surface area contributed by atoms with Crippen molar-refractivity contribution >= 4 is 52.2 Å². The van der Waals surface area contributed by atoms with E-state index in [2.05, 4.69) is 5.32 Å². The summed E-state index contributed by atoms with van der Waals surface area (Å²) in [5.41, 5.74) is 3.22. The lowest BCUT2D eigenvalue weighted by Crippen LogP contribution is -2.46. The highest BCUT2D eigenvalue weighted by Gasteiger charge is 2.39. The van der Waals surface area contributed by atoms with Crippen LogP contribution in [0.5, 0.6) is 11.5 Å². The van der Waals surface area contributed by atoms with E-state index in [1.807, 2.05) is 31.1 Å². The van der Waals surface area contributed by atoms with Gasteiger partial charge in [0.05, 0.1) is 11.3 Å². The van der Waals surface area contributed by atoms with Crippen LogP contribution in [0.25, 0.3) is 0 Å². The molecule has 45 heavy (non-hydrogen) atoms. The number of hydrogen-bond donors (Lipinski definition) is 1. The van der Waals surface area contributed by atoms with Gasteiger partial charge in [-0.1, -0.05) is 41.9 Å². The molecule has 228 valence electrons. The van der Waals surface area contributed by atoms with E-state index in [1.165, 1.54) is 4.90 Å². The topological polar surface area (TPSA) is 108 Å². The number of carbonyl (C=O) groups is 4. The lowest BCUT2D eigenvalue weighted by Gasteiger charge is -2.33. The smallest absolute Gasteiger partial charge is 0.299 e. The lowest BCUT2D eigenvalue weighted by atomic mass is 10.0. The molecule has 0 saturated heterocycles. The highest BCUT2D eigenvalue weighted by atomic mass is 35.5. The van der Waals surface area contributed by atoms with Crippen LogP contribution in [0, 0.1) is 0 Å². The SMILES string of the molecule is CN(C)c1ccc(NC(=O)C(c2ccc3c(c2)OCO3)N(Cc2ccc(Cl)cc2)C(=O)CN2C(=O)C(=O)c3ccccc32)cc1. The summed E-state index contributed by atoms with van der Waals surface area (Å²) >= 11 is 6.14. The van der Waals surface area contributed by atoms with Crippen LogP contribution in [-0.2, 0) is 20.9 Å². The number of nitrogens with one attached hydrogen (secondary N) is 1. The van der Waals surface area contributed by atoms with Crippen molar-refractivity contribution in [2.75, 3.05) is 42.5 Å². The Bertz CT molecular complexity index is 1790. The fraction of sp³-hybridized carbons (Fsp3) is 0.176. The van der Waals surface area contributed by atoms with Crippen LogP contribution in [0.3, 0.4) is 0 Å². The van der Waals surface area contributed by atoms with Crippen molar-refractivity contribution in [1.82, 2.24) is 4.90 Å². The first kappa shape index (κ1) is 29.7. The van der Waals surface area contributed by atoms with Crippen molar-refractivity contribution in [3.8, 4) is 11.5 Å². The molecule has 1 atom stereocenters. The standard InChI is InChI=1S/C34H29ClN4O6/c1-37(2)25-14-12-24(13-15-25)36-33(42)31(22-9-16-28-29(17-22)45-20-44-28)39(18-21-7-10-23(35)11-8-21)30(40)19-38-27-6-4-3-5-26(27)32(41)34(38)43/h3-17,31H,18-20H2,1-2H3,(H,36,42). The van der Waals surface area contributed by atoms with E-state index in [9.17, 15) is 19.2 Å². The van der Waals surface area contributed by atoms with E-state index in [1.54, 1.807) is 78.9 Å². The van der Waals surface area contributed by atoms with Crippen molar-refractivity contribution in [3.05, 3.63) is 113 Å². The molecule has 4 aromatic carbocycles. The highest BCUT2D eigenvalue weighted by Crippen LogP contribution is 2.37. The molecule has 1 N–H and O–H groups in total. The van der Waals surface area contributed by atoms with Crippen LogP contribution in [0.1, 0.15) is 27.5 Å². The molecular weight excluding hydrogens is 596 g/mol. The molecule has 0 saturated carbocycles. The Morgan fingerprint density at radius 1 is 0.911 bits per heavy atom. The number of amides is 3. The van der Waals surface area contributed by atoms with Gasteiger partial charge in [0.15, 0.2) is 11.5 Å². The van der Waals surface area contributed by atoms with Crippen LogP contribution >= 0.6 is 11.6 Å². The summed E-state index contributed by atoms with van der Waals surface area (Å²) in [5.74, 6) is -1.57. The number of nitrogens with zero attached hydrogens (tertiary/aromatic N) is 3. The normalized spacial score (nSPS) is 13.8. The summed E-state index contributed by atoms with van der Waals surface area (Å²) in [5, 5.41) is 3.47. The lowest BCUT2D eigenvalue weighted by molar-refractivity contribution is -0.139. The Morgan fingerprint density at radius 3 is 2.36 bits per heavy atom. The Labute approximate surface area is 264 Å². The number of ketones is 1. The first-order valence-electron chi connectivity index (χ1n) is 14.2. The minimum atomic E-state index is -1.17. The average molecular weight is 625 g/mol. The number of anilines is 3. The summed E-state index contributed by atoms with van der Waals surface area (Å²) in [6, 6.07) is 24.6. The third kappa shape index (κ3) is 6.05. The molecule has 11 heteroatoms. The summed E-state index contributed by atoms with van der Waals surface area (Å²) < 4.78 is 11.1. The number of carbonyl (C=O) groups excluding carboxylic acids is 4. The zero-order chi connectivity index (χ0) is 31.7. The van der Waals surface area contributed by atoms with Crippen LogP contribution in [0.2, 0.25) is 5.02 Å². The van der Waals surface area contributed by atoms with Gasteiger partial charge in [0.25, 0.3) is 17.6 Å². The highest BCUT2D eigenvalue weighted by molar-refractivity contribution is 6.52. The monoisotopic (exact) mass is 624 g/mol. The van der Waals surface area contributed by atoms with Crippen molar-refractivity contribution in [2.45, 2.75) is 12.6 Å². The molecule has 2 aliphatic rings. The van der Waals surface area contributed by atoms with Gasteiger partial charge in [-0.3, -0.25) is 24.1 Å². The van der Waals surface area contributed by atoms with Gasteiger partial charge in [0, 0.05) is 37.0 Å². The number of para-hydroxylation sites is 1. The molecule has 0 aromatic heterocycles. The molecule has 0 fully saturated rings. The average Bonchev–Trinajstić information content (AvgIpc) is 3.60. The number of fused-ring (bicyclic) bond motifs is 2. The first-order valence-corrected chi connectivity index (χ1v) is 14.5. The third-order valence-electron chi connectivity index (χ3n) is 7.68. The number of hydrogen-bond acceptors (Lipinski definition) is 7. The largest absolute Gasteiger partial charge is 0.454 e. The predicted octanol–water partition coefficient (Wildman–Crippen LogP) is 5.07. The molecule has 0 bridgehead atoms. The minimum Gasteiger partial charge on any atom is -0.454 e.